The van der Waals surface area contributed by atoms with E-state index < -0.39 is 41.0 Å². The maximum atomic E-state index is 13.9. The van der Waals surface area contributed by atoms with E-state index >= 15 is 0 Å². The fourth-order valence-electron chi connectivity index (χ4n) is 6.76. The van der Waals surface area contributed by atoms with Gasteiger partial charge in [-0.15, -0.1) is 0 Å². The number of rotatable bonds is 11. The minimum absolute atomic E-state index is 0.0370. The maximum Gasteiger partial charge on any atom is 0.356 e. The second-order valence-corrected chi connectivity index (χ2v) is 14.3. The van der Waals surface area contributed by atoms with Gasteiger partial charge in [-0.2, -0.15) is 0 Å². The normalized spacial score (nSPS) is 15.1. The van der Waals surface area contributed by atoms with Crippen LogP contribution in [0.3, 0.4) is 0 Å². The summed E-state index contributed by atoms with van der Waals surface area (Å²) in [5.74, 6) is -4.49. The van der Waals surface area contributed by atoms with Crippen molar-refractivity contribution in [1.29, 1.82) is 0 Å². The molecule has 0 amide bonds. The highest BCUT2D eigenvalue weighted by atomic mass is 79.9. The number of phenols is 1. The summed E-state index contributed by atoms with van der Waals surface area (Å²) in [6.45, 7) is 16.4. The highest BCUT2D eigenvalue weighted by Gasteiger charge is 2.48. The summed E-state index contributed by atoms with van der Waals surface area (Å²) in [7, 11) is 2.60. The van der Waals surface area contributed by atoms with Gasteiger partial charge in [0.1, 0.15) is 33.0 Å². The zero-order valence-electron chi connectivity index (χ0n) is 33.4. The number of benzene rings is 3. The number of phenolic OH excluding ortho intramolecular Hbond substituents is 1. The van der Waals surface area contributed by atoms with Gasteiger partial charge in [0, 0.05) is 13.2 Å². The van der Waals surface area contributed by atoms with E-state index in [0.29, 0.717) is 56.7 Å². The number of ketones is 1. The van der Waals surface area contributed by atoms with E-state index in [9.17, 15) is 34.2 Å². The Morgan fingerprint density at radius 2 is 1.27 bits per heavy atom. The number of aryl methyl sites for hydroxylation is 1. The van der Waals surface area contributed by atoms with E-state index in [0.717, 1.165) is 12.2 Å². The van der Waals surface area contributed by atoms with Gasteiger partial charge in [0.25, 0.3) is 0 Å². The maximum absolute atomic E-state index is 13.9. The van der Waals surface area contributed by atoms with Gasteiger partial charge in [-0.1, -0.05) is 6.92 Å². The molecule has 0 fully saturated rings. The highest BCUT2D eigenvalue weighted by Crippen LogP contribution is 2.44. The lowest BCUT2D eigenvalue weighted by Crippen LogP contribution is -2.47. The number of halogens is 1. The first-order valence-electron chi connectivity index (χ1n) is 17.5. The molecule has 3 aromatic carbocycles. The number of carbonyl (C=O) groups excluding carboxylic acids is 5. The fraction of sp³-hybridized carbons (Fsp3) is 0.357. The van der Waals surface area contributed by atoms with Crippen molar-refractivity contribution in [3.05, 3.63) is 101 Å². The van der Waals surface area contributed by atoms with Crippen molar-refractivity contribution >= 4 is 45.6 Å². The van der Waals surface area contributed by atoms with Gasteiger partial charge in [0.2, 0.25) is 5.60 Å². The van der Waals surface area contributed by atoms with Crippen LogP contribution in [0.5, 0.6) is 23.0 Å². The molecule has 13 nitrogen and oxygen atoms in total. The molecule has 56 heavy (non-hydrogen) atoms. The molecular formula is C42H45BrO13. The summed E-state index contributed by atoms with van der Waals surface area (Å²) in [4.78, 5) is 65.9. The lowest BCUT2D eigenvalue weighted by Gasteiger charge is -2.30. The van der Waals surface area contributed by atoms with Crippen molar-refractivity contribution in [2.24, 2.45) is 0 Å². The Morgan fingerprint density at radius 1 is 0.714 bits per heavy atom. The highest BCUT2D eigenvalue weighted by molar-refractivity contribution is 9.10. The van der Waals surface area contributed by atoms with Crippen LogP contribution in [0.25, 0.3) is 0 Å². The van der Waals surface area contributed by atoms with Crippen LogP contribution in [-0.2, 0) is 30.2 Å². The van der Waals surface area contributed by atoms with Crippen LogP contribution in [0, 0.1) is 55.4 Å². The van der Waals surface area contributed by atoms with Crippen molar-refractivity contribution in [2.45, 2.75) is 81.3 Å². The average Bonchev–Trinajstić information content (AvgIpc) is 3.14. The van der Waals surface area contributed by atoms with Crippen LogP contribution in [-0.4, -0.2) is 66.5 Å². The first-order valence-corrected chi connectivity index (χ1v) is 18.3. The van der Waals surface area contributed by atoms with E-state index in [1.165, 1.54) is 28.1 Å². The van der Waals surface area contributed by atoms with Gasteiger partial charge < -0.3 is 38.6 Å². The van der Waals surface area contributed by atoms with Crippen molar-refractivity contribution in [2.75, 3.05) is 21.0 Å². The quantitative estimate of drug-likeness (QED) is 0.114. The summed E-state index contributed by atoms with van der Waals surface area (Å²) in [6.07, 6.45) is 2.40. The zero-order valence-corrected chi connectivity index (χ0v) is 35.0. The van der Waals surface area contributed by atoms with Gasteiger partial charge >= 0.3 is 23.9 Å². The molecule has 0 spiro atoms. The third-order valence-electron chi connectivity index (χ3n) is 10.3. The van der Waals surface area contributed by atoms with Crippen LogP contribution in [0.1, 0.15) is 95.0 Å². The summed E-state index contributed by atoms with van der Waals surface area (Å²) in [6, 6.07) is 1.54. The minimum atomic E-state index is -2.43. The molecule has 298 valence electrons. The molecule has 0 saturated carbocycles. The monoisotopic (exact) mass is 836 g/mol. The Balaban J connectivity index is 1.67. The van der Waals surface area contributed by atoms with E-state index in [2.05, 4.69) is 15.9 Å². The first kappa shape index (κ1) is 43.4. The van der Waals surface area contributed by atoms with Crippen LogP contribution in [0.15, 0.2) is 34.0 Å². The molecule has 1 aliphatic carbocycles. The molecule has 1 aliphatic rings. The number of hydrogen-bond acceptors (Lipinski definition) is 13. The molecule has 0 aliphatic heterocycles. The first-order chi connectivity index (χ1) is 26.2. The zero-order chi connectivity index (χ0) is 42.1. The summed E-state index contributed by atoms with van der Waals surface area (Å²) >= 11 is 3.23. The van der Waals surface area contributed by atoms with E-state index in [-0.39, 0.29) is 56.4 Å². The molecule has 0 aromatic heterocycles. The largest absolute Gasteiger partial charge is 0.506 e. The molecule has 0 saturated heterocycles. The number of esters is 4. The second-order valence-electron chi connectivity index (χ2n) is 13.5. The molecule has 1 atom stereocenters. The molecule has 0 unspecified atom stereocenters. The van der Waals surface area contributed by atoms with Gasteiger partial charge in [0.05, 0.1) is 18.2 Å². The standard InChI is InChI=1S/C42H45BrO13/c1-13-28-26(10)31(39(47)55-36-23(7)20(4)32(21(5)24(36)8)38(46)53-17-51-11)18(2)14-29(28)54-40(48)33-22(6)25(9)37(34(43)35(33)45)56-41(49)42(50)19(3)15-27(44)16-30(42)52-12/h14-16,45,50H,13,17H2,1-12H3/t42-/m1/s1. The second kappa shape index (κ2) is 16.8. The van der Waals surface area contributed by atoms with Crippen LogP contribution < -0.4 is 14.2 Å². The molecular weight excluding hydrogens is 792 g/mol. The van der Waals surface area contributed by atoms with E-state index in [1.54, 1.807) is 54.5 Å². The van der Waals surface area contributed by atoms with Crippen molar-refractivity contribution < 1.29 is 62.6 Å². The number of aliphatic hydroxyl groups is 1. The van der Waals surface area contributed by atoms with Crippen LogP contribution in [0.2, 0.25) is 0 Å². The van der Waals surface area contributed by atoms with E-state index in [4.69, 9.17) is 28.4 Å². The Hall–Kier alpha value is -5.31. The van der Waals surface area contributed by atoms with Gasteiger partial charge in [-0.05, 0) is 152 Å². The van der Waals surface area contributed by atoms with Gasteiger partial charge in [-0.25, -0.2) is 19.2 Å². The number of carbonyl (C=O) groups is 5. The Morgan fingerprint density at radius 3 is 1.82 bits per heavy atom. The number of aromatic hydroxyl groups is 1. The van der Waals surface area contributed by atoms with Gasteiger partial charge in [-0.3, -0.25) is 4.79 Å². The third kappa shape index (κ3) is 7.60. The molecule has 3 aromatic rings. The predicted molar refractivity (Wildman–Crippen MR) is 208 cm³/mol. The molecule has 0 radical (unpaired) electrons. The molecule has 14 heteroatoms. The van der Waals surface area contributed by atoms with Crippen molar-refractivity contribution in [1.82, 2.24) is 0 Å². The summed E-state index contributed by atoms with van der Waals surface area (Å²) in [5.41, 5.74) is 2.28. The van der Waals surface area contributed by atoms with Crippen molar-refractivity contribution in [3.8, 4) is 23.0 Å². The van der Waals surface area contributed by atoms with Gasteiger partial charge in [0.15, 0.2) is 18.3 Å². The molecule has 0 bridgehead atoms. The Kier molecular flexibility index (Phi) is 13.0. The summed E-state index contributed by atoms with van der Waals surface area (Å²) in [5, 5.41) is 22.6. The smallest absolute Gasteiger partial charge is 0.356 e. The Bertz CT molecular complexity index is 2200. The van der Waals surface area contributed by atoms with Crippen LogP contribution >= 0.6 is 15.9 Å². The number of methoxy groups -OCH3 is 2. The van der Waals surface area contributed by atoms with E-state index in [1.807, 2.05) is 6.92 Å². The predicted octanol–water partition coefficient (Wildman–Crippen LogP) is 7.08. The summed E-state index contributed by atoms with van der Waals surface area (Å²) < 4.78 is 32.5. The molecule has 0 heterocycles. The molecule has 2 N–H and O–H groups in total. The topological polar surface area (TPSA) is 181 Å². The number of ether oxygens (including phenoxy) is 6. The molecule has 4 rings (SSSR count). The number of hydrogen-bond donors (Lipinski definition) is 2. The lowest BCUT2D eigenvalue weighted by molar-refractivity contribution is -0.151. The Labute approximate surface area is 333 Å². The van der Waals surface area contributed by atoms with Crippen LogP contribution in [0.4, 0.5) is 0 Å². The SMILES string of the molecule is CCc1c(OC(=O)c2c(C)c(C)c(OC(=O)[C@@]3(O)C(C)=CC(=O)C=C3OC)c(Br)c2O)cc(C)c(C(=O)Oc2c(C)c(C)c(C(=O)OCOC)c(C)c2C)c1C. The lowest BCUT2D eigenvalue weighted by atomic mass is 9.87. The minimum Gasteiger partial charge on any atom is -0.506 e. The number of allylic oxidation sites excluding steroid dienone is 2. The fourth-order valence-corrected chi connectivity index (χ4v) is 7.34. The van der Waals surface area contributed by atoms with Crippen molar-refractivity contribution in [3.63, 3.8) is 0 Å². The average molecular weight is 838 g/mol. The third-order valence-corrected chi connectivity index (χ3v) is 11.0.